The van der Waals surface area contributed by atoms with Crippen molar-refractivity contribution in [2.24, 2.45) is 0 Å². The summed E-state index contributed by atoms with van der Waals surface area (Å²) in [4.78, 5) is 0. The predicted molar refractivity (Wildman–Crippen MR) is 193 cm³/mol. The molecule has 1 atom stereocenters. The Kier molecular flexibility index (Phi) is 13.1. The summed E-state index contributed by atoms with van der Waals surface area (Å²) in [7, 11) is -8.38. The van der Waals surface area contributed by atoms with Crippen LogP contribution in [0.1, 0.15) is 75.2 Å². The van der Waals surface area contributed by atoms with Crippen LogP contribution in [0.4, 0.5) is 0 Å². The van der Waals surface area contributed by atoms with E-state index >= 15 is 0 Å². The van der Waals surface area contributed by atoms with Crippen LogP contribution in [-0.2, 0) is 18.9 Å². The number of benzene rings is 2. The minimum absolute atomic E-state index is 0.114. The van der Waals surface area contributed by atoms with Crippen LogP contribution in [-0.4, -0.2) is 59.9 Å². The summed E-state index contributed by atoms with van der Waals surface area (Å²) in [5.74, 6) is 6.61. The molecule has 0 saturated heterocycles. The molecule has 0 saturated carbocycles. The lowest BCUT2D eigenvalue weighted by atomic mass is 10.2. The molecule has 0 spiro atoms. The largest absolute Gasteiger partial charge is 0.416 e. The molecular formula is C36H57NO4SSi2. The Labute approximate surface area is 271 Å². The molecule has 1 unspecified atom stereocenters. The summed E-state index contributed by atoms with van der Waals surface area (Å²) in [5, 5.41) is 2.31. The maximum absolute atomic E-state index is 13.8. The second-order valence-electron chi connectivity index (χ2n) is 15.0. The van der Waals surface area contributed by atoms with Crippen LogP contribution in [0, 0.1) is 11.8 Å². The molecule has 0 aliphatic carbocycles. The first-order valence-corrected chi connectivity index (χ1v) is 22.0. The van der Waals surface area contributed by atoms with Crippen LogP contribution in [0.15, 0.2) is 73.3 Å². The first kappa shape index (κ1) is 38.2. The predicted octanol–water partition coefficient (Wildman–Crippen LogP) is 7.35. The van der Waals surface area contributed by atoms with Gasteiger partial charge in [0, 0.05) is 26.2 Å². The average Bonchev–Trinajstić information content (AvgIpc) is 2.92. The highest BCUT2D eigenvalue weighted by Crippen LogP contribution is 2.38. The molecule has 5 nitrogen and oxygen atoms in total. The zero-order valence-corrected chi connectivity index (χ0v) is 32.0. The fourth-order valence-electron chi connectivity index (χ4n) is 5.01. The van der Waals surface area contributed by atoms with Crippen LogP contribution in [0.25, 0.3) is 0 Å². The summed E-state index contributed by atoms with van der Waals surface area (Å²) >= 11 is 0. The molecule has 0 amide bonds. The second kappa shape index (κ2) is 15.1. The highest BCUT2D eigenvalue weighted by atomic mass is 32.2. The van der Waals surface area contributed by atoms with E-state index in [9.17, 15) is 8.42 Å². The quantitative estimate of drug-likeness (QED) is 0.0980. The van der Waals surface area contributed by atoms with E-state index in [0.717, 1.165) is 0 Å². The van der Waals surface area contributed by atoms with Gasteiger partial charge in [0.2, 0.25) is 10.0 Å². The Balaban J connectivity index is 2.49. The van der Waals surface area contributed by atoms with Gasteiger partial charge in [-0.2, -0.15) is 4.31 Å². The smallest absolute Gasteiger partial charge is 0.261 e. The lowest BCUT2D eigenvalue weighted by Crippen LogP contribution is -2.66. The monoisotopic (exact) mass is 655 g/mol. The molecule has 44 heavy (non-hydrogen) atoms. The van der Waals surface area contributed by atoms with Gasteiger partial charge < -0.3 is 8.85 Å². The van der Waals surface area contributed by atoms with E-state index in [4.69, 9.17) is 8.85 Å². The molecule has 0 aromatic heterocycles. The Bertz CT molecular complexity index is 1320. The minimum Gasteiger partial charge on any atom is -0.416 e. The number of rotatable bonds is 13. The van der Waals surface area contributed by atoms with Crippen LogP contribution in [0.3, 0.4) is 0 Å². The fourth-order valence-corrected chi connectivity index (χ4v) is 12.1. The van der Waals surface area contributed by atoms with Crippen molar-refractivity contribution in [2.75, 3.05) is 19.8 Å². The molecule has 0 aliphatic rings. The summed E-state index contributed by atoms with van der Waals surface area (Å²) < 4.78 is 41.7. The highest BCUT2D eigenvalue weighted by Gasteiger charge is 2.50. The van der Waals surface area contributed by atoms with Gasteiger partial charge in [-0.15, -0.1) is 6.58 Å². The Morgan fingerprint density at radius 2 is 1.32 bits per heavy atom. The lowest BCUT2D eigenvalue weighted by molar-refractivity contribution is 0.258. The normalized spacial score (nSPS) is 14.2. The van der Waals surface area contributed by atoms with E-state index in [0.29, 0.717) is 26.1 Å². The van der Waals surface area contributed by atoms with Crippen LogP contribution in [0.2, 0.25) is 23.2 Å². The van der Waals surface area contributed by atoms with Crippen molar-refractivity contribution in [3.05, 3.63) is 73.3 Å². The van der Waals surface area contributed by atoms with E-state index in [1.165, 1.54) is 14.7 Å². The molecule has 0 heterocycles. The molecule has 8 heteroatoms. The van der Waals surface area contributed by atoms with Gasteiger partial charge in [-0.25, -0.2) is 8.42 Å². The van der Waals surface area contributed by atoms with Gasteiger partial charge in [-0.1, -0.05) is 120 Å². The van der Waals surface area contributed by atoms with Crippen LogP contribution >= 0.6 is 0 Å². The highest BCUT2D eigenvalue weighted by molar-refractivity contribution is 7.90. The van der Waals surface area contributed by atoms with Crippen molar-refractivity contribution in [3.63, 3.8) is 0 Å². The molecule has 2 aromatic rings. The maximum atomic E-state index is 13.8. The zero-order chi connectivity index (χ0) is 33.5. The zero-order valence-electron chi connectivity index (χ0n) is 29.2. The summed E-state index contributed by atoms with van der Waals surface area (Å²) in [5.41, 5.74) is 0. The van der Waals surface area contributed by atoms with E-state index in [1.807, 2.05) is 12.1 Å². The van der Waals surface area contributed by atoms with Gasteiger partial charge >= 0.3 is 0 Å². The van der Waals surface area contributed by atoms with Crippen molar-refractivity contribution in [1.29, 1.82) is 0 Å². The minimum atomic E-state index is -3.69. The number of nitrogens with zero attached hydrogens (tertiary/aromatic N) is 1. The first-order chi connectivity index (χ1) is 20.2. The van der Waals surface area contributed by atoms with Crippen LogP contribution in [0.5, 0.6) is 0 Å². The number of hydrogen-bond donors (Lipinski definition) is 0. The van der Waals surface area contributed by atoms with Gasteiger partial charge in [0.25, 0.3) is 8.32 Å². The SMILES string of the molecule is C=CCN(C(C#CCCO[Si](C)(C)C(C)(C)C)CCO[Si](c1ccccc1)(c1ccccc1)C(C)(C)C)S(=O)(=O)C(C)(C)C. The molecule has 0 bridgehead atoms. The maximum Gasteiger partial charge on any atom is 0.261 e. The molecular weight excluding hydrogens is 599 g/mol. The average molecular weight is 656 g/mol. The second-order valence-corrected chi connectivity index (χ2v) is 26.7. The third kappa shape index (κ3) is 9.05. The molecule has 2 aromatic carbocycles. The summed E-state index contributed by atoms with van der Waals surface area (Å²) in [6.07, 6.45) is 2.61. The molecule has 0 radical (unpaired) electrons. The van der Waals surface area contributed by atoms with Gasteiger partial charge in [-0.3, -0.25) is 0 Å². The molecule has 0 aliphatic heterocycles. The standard InChI is InChI=1S/C36H57NO4SSi2/c1-13-28-37(42(38,39)34(2,3)4)31(22-20-21-29-40-43(11,12)35(5,6)7)27-30-41-44(36(8,9)10,32-23-16-14-17-24-32)33-25-18-15-19-26-33/h13-19,23-26,31H,1,21,27-30H2,2-12H3. The van der Waals surface area contributed by atoms with E-state index in [1.54, 1.807) is 26.8 Å². The Morgan fingerprint density at radius 1 is 0.818 bits per heavy atom. The van der Waals surface area contributed by atoms with Crippen molar-refractivity contribution < 1.29 is 17.3 Å². The molecule has 0 N–H and O–H groups in total. The van der Waals surface area contributed by atoms with Gasteiger partial charge in [0.1, 0.15) is 0 Å². The van der Waals surface area contributed by atoms with Gasteiger partial charge in [0.15, 0.2) is 8.32 Å². The van der Waals surface area contributed by atoms with Crippen molar-refractivity contribution >= 4 is 37.0 Å². The van der Waals surface area contributed by atoms with E-state index in [-0.39, 0.29) is 16.6 Å². The van der Waals surface area contributed by atoms with Crippen LogP contribution < -0.4 is 10.4 Å². The topological polar surface area (TPSA) is 55.8 Å². The fraction of sp³-hybridized carbons (Fsp3) is 0.556. The van der Waals surface area contributed by atoms with Gasteiger partial charge in [-0.05, 0) is 60.7 Å². The number of hydrogen-bond acceptors (Lipinski definition) is 4. The summed E-state index contributed by atoms with van der Waals surface area (Å²) in [6.45, 7) is 28.0. The molecule has 2 rings (SSSR count). The number of sulfonamides is 1. The lowest BCUT2D eigenvalue weighted by Gasteiger charge is -2.43. The van der Waals surface area contributed by atoms with E-state index in [2.05, 4.69) is 122 Å². The van der Waals surface area contributed by atoms with Crippen molar-refractivity contribution in [1.82, 2.24) is 4.31 Å². The molecule has 0 fully saturated rings. The molecule has 244 valence electrons. The van der Waals surface area contributed by atoms with Gasteiger partial charge in [0.05, 0.1) is 10.8 Å². The third-order valence-corrected chi connectivity index (χ3v) is 20.8. The Hall–Kier alpha value is -2.00. The first-order valence-electron chi connectivity index (χ1n) is 15.7. The van der Waals surface area contributed by atoms with Crippen molar-refractivity contribution in [2.45, 2.75) is 109 Å². The Morgan fingerprint density at radius 3 is 1.73 bits per heavy atom. The summed E-state index contributed by atoms with van der Waals surface area (Å²) in [6, 6.07) is 20.4. The van der Waals surface area contributed by atoms with Crippen molar-refractivity contribution in [3.8, 4) is 11.8 Å². The van der Waals surface area contributed by atoms with E-state index < -0.39 is 37.4 Å². The third-order valence-electron chi connectivity index (χ3n) is 8.63.